The zero-order valence-electron chi connectivity index (χ0n) is 10.2. The Morgan fingerprint density at radius 1 is 1.47 bits per heavy atom. The number of hydrogen-bond donors (Lipinski definition) is 3. The number of benzene rings is 1. The number of phenolic OH excluding ortho intramolecular Hbond substituents is 1. The molecule has 1 atom stereocenters. The van der Waals surface area contributed by atoms with E-state index in [4.69, 9.17) is 5.11 Å². The lowest BCUT2D eigenvalue weighted by molar-refractivity contribution is -0.139. The molecule has 1 aromatic rings. The molecule has 0 bridgehead atoms. The summed E-state index contributed by atoms with van der Waals surface area (Å²) < 4.78 is 13.4. The van der Waals surface area contributed by atoms with Crippen LogP contribution in [0.2, 0.25) is 0 Å². The quantitative estimate of drug-likeness (QED) is 0.737. The Bertz CT molecular complexity index is 461. The molecule has 0 unspecified atom stereocenters. The summed E-state index contributed by atoms with van der Waals surface area (Å²) in [6, 6.07) is 2.32. The predicted molar refractivity (Wildman–Crippen MR) is 70.0 cm³/mol. The molecule has 1 rings (SSSR count). The van der Waals surface area contributed by atoms with Crippen LogP contribution in [-0.2, 0) is 4.79 Å². The molecule has 3 N–H and O–H groups in total. The number of carboxylic acids is 1. The van der Waals surface area contributed by atoms with Crippen molar-refractivity contribution >= 4 is 23.6 Å². The van der Waals surface area contributed by atoms with E-state index in [2.05, 4.69) is 5.32 Å². The third-order valence-electron chi connectivity index (χ3n) is 2.43. The number of carbonyl (C=O) groups is 2. The first-order valence-electron chi connectivity index (χ1n) is 5.47. The summed E-state index contributed by atoms with van der Waals surface area (Å²) in [5.41, 5.74) is -0.544. The molecule has 19 heavy (non-hydrogen) atoms. The first-order chi connectivity index (χ1) is 8.97. The van der Waals surface area contributed by atoms with E-state index in [0.29, 0.717) is 5.75 Å². The fraction of sp³-hybridized carbons (Fsp3) is 0.333. The van der Waals surface area contributed by atoms with Crippen LogP contribution < -0.4 is 5.32 Å². The summed E-state index contributed by atoms with van der Waals surface area (Å²) in [5, 5.41) is 20.6. The van der Waals surface area contributed by atoms with Crippen molar-refractivity contribution in [1.29, 1.82) is 0 Å². The second kappa shape index (κ2) is 6.98. The van der Waals surface area contributed by atoms with E-state index in [0.717, 1.165) is 12.1 Å². The van der Waals surface area contributed by atoms with Crippen molar-refractivity contribution in [3.05, 3.63) is 29.6 Å². The van der Waals surface area contributed by atoms with Crippen molar-refractivity contribution in [3.8, 4) is 5.75 Å². The lowest BCUT2D eigenvalue weighted by Crippen LogP contribution is -2.41. The minimum Gasteiger partial charge on any atom is -0.507 e. The Balaban J connectivity index is 2.85. The number of halogens is 1. The Labute approximate surface area is 113 Å². The molecule has 0 heterocycles. The Morgan fingerprint density at radius 2 is 2.16 bits per heavy atom. The standard InChI is InChI=1S/C12H14FNO4S/c1-19-6-5-8(12(17)18)14-11(16)10-7(13)3-2-4-9(10)15/h2-4,8,15H,5-6H2,1H3,(H,14,16)(H,17,18)/t8-/m1/s1. The highest BCUT2D eigenvalue weighted by atomic mass is 32.2. The zero-order valence-corrected chi connectivity index (χ0v) is 11.0. The van der Waals surface area contributed by atoms with E-state index in [1.165, 1.54) is 17.8 Å². The van der Waals surface area contributed by atoms with Crippen LogP contribution in [0.15, 0.2) is 18.2 Å². The van der Waals surface area contributed by atoms with Gasteiger partial charge >= 0.3 is 5.97 Å². The molecule has 5 nitrogen and oxygen atoms in total. The molecule has 0 saturated carbocycles. The Kier molecular flexibility index (Phi) is 5.62. The summed E-state index contributed by atoms with van der Waals surface area (Å²) in [4.78, 5) is 22.7. The van der Waals surface area contributed by atoms with Crippen LogP contribution in [0, 0.1) is 5.82 Å². The van der Waals surface area contributed by atoms with Gasteiger partial charge in [0, 0.05) is 0 Å². The van der Waals surface area contributed by atoms with Crippen molar-refractivity contribution in [2.75, 3.05) is 12.0 Å². The minimum absolute atomic E-state index is 0.220. The lowest BCUT2D eigenvalue weighted by Gasteiger charge is -2.14. The highest BCUT2D eigenvalue weighted by molar-refractivity contribution is 7.98. The predicted octanol–water partition coefficient (Wildman–Crippen LogP) is 1.47. The first kappa shape index (κ1) is 15.3. The Hall–Kier alpha value is -1.76. The van der Waals surface area contributed by atoms with E-state index < -0.39 is 35.0 Å². The van der Waals surface area contributed by atoms with Gasteiger partial charge in [-0.15, -0.1) is 0 Å². The number of carboxylic acid groups (broad SMARTS) is 1. The molecule has 0 aromatic heterocycles. The number of hydrogen-bond acceptors (Lipinski definition) is 4. The van der Waals surface area contributed by atoms with Gasteiger partial charge in [-0.1, -0.05) is 6.07 Å². The van der Waals surface area contributed by atoms with Crippen molar-refractivity contribution in [3.63, 3.8) is 0 Å². The van der Waals surface area contributed by atoms with Gasteiger partial charge in [0.1, 0.15) is 23.2 Å². The van der Waals surface area contributed by atoms with Crippen LogP contribution in [0.1, 0.15) is 16.8 Å². The summed E-state index contributed by atoms with van der Waals surface area (Å²) >= 11 is 1.44. The van der Waals surface area contributed by atoms with E-state index in [9.17, 15) is 19.1 Å². The highest BCUT2D eigenvalue weighted by Gasteiger charge is 2.23. The van der Waals surface area contributed by atoms with Crippen molar-refractivity contribution in [1.82, 2.24) is 5.32 Å². The van der Waals surface area contributed by atoms with Gasteiger partial charge in [0.25, 0.3) is 5.91 Å². The topological polar surface area (TPSA) is 86.6 Å². The molecule has 7 heteroatoms. The van der Waals surface area contributed by atoms with Crippen LogP contribution in [0.3, 0.4) is 0 Å². The molecule has 104 valence electrons. The number of carbonyl (C=O) groups excluding carboxylic acids is 1. The Morgan fingerprint density at radius 3 is 2.68 bits per heavy atom. The fourth-order valence-electron chi connectivity index (χ4n) is 1.46. The van der Waals surface area contributed by atoms with Crippen LogP contribution >= 0.6 is 11.8 Å². The van der Waals surface area contributed by atoms with E-state index in [1.807, 2.05) is 6.26 Å². The number of aromatic hydroxyl groups is 1. The van der Waals surface area contributed by atoms with Crippen LogP contribution in [0.25, 0.3) is 0 Å². The second-order valence-electron chi connectivity index (χ2n) is 3.78. The summed E-state index contributed by atoms with van der Waals surface area (Å²) in [6.45, 7) is 0. The van der Waals surface area contributed by atoms with Gasteiger partial charge in [-0.3, -0.25) is 4.79 Å². The summed E-state index contributed by atoms with van der Waals surface area (Å²) in [7, 11) is 0. The van der Waals surface area contributed by atoms with Gasteiger partial charge in [-0.25, -0.2) is 9.18 Å². The van der Waals surface area contributed by atoms with Crippen LogP contribution in [-0.4, -0.2) is 40.1 Å². The molecule has 0 aliphatic rings. The first-order valence-corrected chi connectivity index (χ1v) is 6.86. The van der Waals surface area contributed by atoms with Gasteiger partial charge < -0.3 is 15.5 Å². The lowest BCUT2D eigenvalue weighted by atomic mass is 10.1. The molecular weight excluding hydrogens is 273 g/mol. The molecule has 0 spiro atoms. The molecule has 0 radical (unpaired) electrons. The maximum atomic E-state index is 13.4. The average molecular weight is 287 g/mol. The third-order valence-corrected chi connectivity index (χ3v) is 3.08. The van der Waals surface area contributed by atoms with Gasteiger partial charge in [0.2, 0.25) is 0 Å². The van der Waals surface area contributed by atoms with Crippen molar-refractivity contribution in [2.45, 2.75) is 12.5 Å². The monoisotopic (exact) mass is 287 g/mol. The molecule has 1 amide bonds. The molecule has 1 aromatic carbocycles. The molecular formula is C12H14FNO4S. The number of amides is 1. The molecule has 0 aliphatic carbocycles. The number of rotatable bonds is 6. The van der Waals surface area contributed by atoms with E-state index in [1.54, 1.807) is 0 Å². The van der Waals surface area contributed by atoms with Crippen molar-refractivity contribution < 1.29 is 24.2 Å². The largest absolute Gasteiger partial charge is 0.507 e. The number of phenols is 1. The maximum absolute atomic E-state index is 13.4. The molecule has 0 fully saturated rings. The highest BCUT2D eigenvalue weighted by Crippen LogP contribution is 2.19. The number of aliphatic carboxylic acids is 1. The van der Waals surface area contributed by atoms with E-state index >= 15 is 0 Å². The minimum atomic E-state index is -1.20. The number of thioether (sulfide) groups is 1. The smallest absolute Gasteiger partial charge is 0.326 e. The van der Waals surface area contributed by atoms with Crippen molar-refractivity contribution in [2.24, 2.45) is 0 Å². The van der Waals surface area contributed by atoms with Gasteiger partial charge in [-0.05, 0) is 30.6 Å². The normalized spacial score (nSPS) is 11.9. The maximum Gasteiger partial charge on any atom is 0.326 e. The van der Waals surface area contributed by atoms with E-state index in [-0.39, 0.29) is 6.42 Å². The third kappa shape index (κ3) is 4.13. The summed E-state index contributed by atoms with van der Waals surface area (Å²) in [5.74, 6) is -3.01. The van der Waals surface area contributed by atoms with Crippen LogP contribution in [0.4, 0.5) is 4.39 Å². The fourth-order valence-corrected chi connectivity index (χ4v) is 1.93. The van der Waals surface area contributed by atoms with Gasteiger partial charge in [-0.2, -0.15) is 11.8 Å². The molecule has 0 aliphatic heterocycles. The van der Waals surface area contributed by atoms with Gasteiger partial charge in [0.15, 0.2) is 0 Å². The average Bonchev–Trinajstić information content (AvgIpc) is 2.33. The number of nitrogens with one attached hydrogen (secondary N) is 1. The van der Waals surface area contributed by atoms with Gasteiger partial charge in [0.05, 0.1) is 0 Å². The zero-order chi connectivity index (χ0) is 14.4. The SMILES string of the molecule is CSCC[C@@H](NC(=O)c1c(O)cccc1F)C(=O)O. The molecule has 0 saturated heterocycles. The summed E-state index contributed by atoms with van der Waals surface area (Å²) in [6.07, 6.45) is 2.03. The second-order valence-corrected chi connectivity index (χ2v) is 4.77. The van der Waals surface area contributed by atoms with Crippen LogP contribution in [0.5, 0.6) is 5.75 Å².